The highest BCUT2D eigenvalue weighted by Gasteiger charge is 2.23. The molecule has 1 aliphatic heterocycles. The van der Waals surface area contributed by atoms with E-state index in [1.807, 2.05) is 38.1 Å². The number of nitrogens with zero attached hydrogens (tertiary/aromatic N) is 1. The van der Waals surface area contributed by atoms with Crippen molar-refractivity contribution in [1.29, 1.82) is 0 Å². The number of aryl methyl sites for hydroxylation is 1. The second-order valence-electron chi connectivity index (χ2n) is 4.40. The summed E-state index contributed by atoms with van der Waals surface area (Å²) in [7, 11) is 0. The zero-order valence-corrected chi connectivity index (χ0v) is 11.0. The number of aromatic amines is 1. The molecule has 1 aromatic heterocycles. The van der Waals surface area contributed by atoms with Gasteiger partial charge in [0.05, 0.1) is 16.6 Å². The number of carbonyl (C=O) groups is 1. The van der Waals surface area contributed by atoms with E-state index in [1.165, 1.54) is 0 Å². The molecule has 5 heteroatoms. The Balaban J connectivity index is 2.01. The SMILES string of the molecule is Cc1cc(-c2ccc3c(c2)NC(=O)C(C)S3)n[nH]1. The Morgan fingerprint density at radius 3 is 2.89 bits per heavy atom. The summed E-state index contributed by atoms with van der Waals surface area (Å²) >= 11 is 1.59. The molecule has 1 aliphatic rings. The van der Waals surface area contributed by atoms with Crippen LogP contribution in [0.15, 0.2) is 29.2 Å². The van der Waals surface area contributed by atoms with E-state index in [-0.39, 0.29) is 11.2 Å². The summed E-state index contributed by atoms with van der Waals surface area (Å²) in [6.07, 6.45) is 0. The number of hydrogen-bond donors (Lipinski definition) is 2. The van der Waals surface area contributed by atoms with E-state index in [9.17, 15) is 4.79 Å². The van der Waals surface area contributed by atoms with Crippen LogP contribution in [0.2, 0.25) is 0 Å². The highest BCUT2D eigenvalue weighted by Crippen LogP contribution is 2.37. The Hall–Kier alpha value is -1.75. The standard InChI is InChI=1S/C13H13N3OS/c1-7-5-10(16-15-7)9-3-4-12-11(6-9)14-13(17)8(2)18-12/h3-6,8H,1-2H3,(H,14,17)(H,15,16). The maximum atomic E-state index is 11.7. The number of fused-ring (bicyclic) bond motifs is 1. The van der Waals surface area contributed by atoms with Gasteiger partial charge in [-0.2, -0.15) is 5.10 Å². The van der Waals surface area contributed by atoms with E-state index in [0.29, 0.717) is 0 Å². The first-order valence-corrected chi connectivity index (χ1v) is 6.65. The number of anilines is 1. The van der Waals surface area contributed by atoms with Crippen molar-refractivity contribution in [3.63, 3.8) is 0 Å². The number of amides is 1. The van der Waals surface area contributed by atoms with Crippen LogP contribution in [0.4, 0.5) is 5.69 Å². The maximum absolute atomic E-state index is 11.7. The van der Waals surface area contributed by atoms with E-state index in [0.717, 1.165) is 27.5 Å². The predicted molar refractivity (Wildman–Crippen MR) is 72.7 cm³/mol. The highest BCUT2D eigenvalue weighted by molar-refractivity contribution is 8.00. The quantitative estimate of drug-likeness (QED) is 0.828. The van der Waals surface area contributed by atoms with Gasteiger partial charge < -0.3 is 5.32 Å². The summed E-state index contributed by atoms with van der Waals surface area (Å²) in [6, 6.07) is 8.03. The number of carbonyl (C=O) groups excluding carboxylic acids is 1. The molecule has 2 heterocycles. The number of thioether (sulfide) groups is 1. The summed E-state index contributed by atoms with van der Waals surface area (Å²) in [6.45, 7) is 3.88. The minimum absolute atomic E-state index is 0.0315. The number of rotatable bonds is 1. The van der Waals surface area contributed by atoms with Crippen molar-refractivity contribution in [3.8, 4) is 11.3 Å². The summed E-state index contributed by atoms with van der Waals surface area (Å²) in [4.78, 5) is 12.8. The molecule has 1 aromatic carbocycles. The minimum atomic E-state index is -0.0315. The maximum Gasteiger partial charge on any atom is 0.237 e. The number of aromatic nitrogens is 2. The van der Waals surface area contributed by atoms with Gasteiger partial charge in [0.15, 0.2) is 0 Å². The van der Waals surface area contributed by atoms with E-state index < -0.39 is 0 Å². The lowest BCUT2D eigenvalue weighted by Gasteiger charge is -2.21. The van der Waals surface area contributed by atoms with E-state index in [4.69, 9.17) is 0 Å². The predicted octanol–water partition coefficient (Wildman–Crippen LogP) is 2.82. The van der Waals surface area contributed by atoms with Crippen LogP contribution in [0, 0.1) is 6.92 Å². The molecule has 0 fully saturated rings. The van der Waals surface area contributed by atoms with E-state index in [1.54, 1.807) is 11.8 Å². The van der Waals surface area contributed by atoms with Gasteiger partial charge in [-0.05, 0) is 32.0 Å². The van der Waals surface area contributed by atoms with Crippen LogP contribution in [-0.4, -0.2) is 21.4 Å². The molecule has 0 saturated carbocycles. The molecule has 0 bridgehead atoms. The van der Waals surface area contributed by atoms with Crippen LogP contribution in [-0.2, 0) is 4.79 Å². The lowest BCUT2D eigenvalue weighted by molar-refractivity contribution is -0.115. The van der Waals surface area contributed by atoms with Crippen LogP contribution in [0.1, 0.15) is 12.6 Å². The van der Waals surface area contributed by atoms with Crippen molar-refractivity contribution in [1.82, 2.24) is 10.2 Å². The van der Waals surface area contributed by atoms with Gasteiger partial charge in [-0.3, -0.25) is 9.89 Å². The molecule has 3 rings (SSSR count). The Bertz CT molecular complexity index is 620. The molecule has 1 amide bonds. The lowest BCUT2D eigenvalue weighted by Crippen LogP contribution is -2.26. The summed E-state index contributed by atoms with van der Waals surface area (Å²) in [5.74, 6) is 0.0582. The van der Waals surface area contributed by atoms with Crippen molar-refractivity contribution < 1.29 is 4.79 Å². The third kappa shape index (κ3) is 1.90. The molecular weight excluding hydrogens is 246 g/mol. The number of hydrogen-bond acceptors (Lipinski definition) is 3. The van der Waals surface area contributed by atoms with Crippen LogP contribution < -0.4 is 5.32 Å². The highest BCUT2D eigenvalue weighted by atomic mass is 32.2. The van der Waals surface area contributed by atoms with Crippen molar-refractivity contribution in [3.05, 3.63) is 30.0 Å². The first-order chi connectivity index (χ1) is 8.63. The third-order valence-corrected chi connectivity index (χ3v) is 4.09. The van der Waals surface area contributed by atoms with Gasteiger partial charge in [-0.1, -0.05) is 6.07 Å². The molecule has 0 saturated heterocycles. The molecule has 1 atom stereocenters. The van der Waals surface area contributed by atoms with Crippen LogP contribution in [0.5, 0.6) is 0 Å². The Kier molecular flexibility index (Phi) is 2.63. The normalized spacial score (nSPS) is 18.3. The zero-order valence-electron chi connectivity index (χ0n) is 10.2. The fraction of sp³-hybridized carbons (Fsp3) is 0.231. The van der Waals surface area contributed by atoms with Gasteiger partial charge in [0, 0.05) is 16.2 Å². The average Bonchev–Trinajstić information content (AvgIpc) is 2.77. The summed E-state index contributed by atoms with van der Waals surface area (Å²) in [5, 5.41) is 10.0. The second-order valence-corrected chi connectivity index (χ2v) is 5.78. The minimum Gasteiger partial charge on any atom is -0.324 e. The fourth-order valence-corrected chi connectivity index (χ4v) is 2.86. The third-order valence-electron chi connectivity index (χ3n) is 2.91. The average molecular weight is 259 g/mol. The molecule has 0 aliphatic carbocycles. The Labute approximate surface area is 109 Å². The topological polar surface area (TPSA) is 57.8 Å². The molecular formula is C13H13N3OS. The second kappa shape index (κ2) is 4.17. The van der Waals surface area contributed by atoms with Crippen LogP contribution in [0.3, 0.4) is 0 Å². The number of H-pyrrole nitrogens is 1. The van der Waals surface area contributed by atoms with Gasteiger partial charge in [-0.25, -0.2) is 0 Å². The van der Waals surface area contributed by atoms with Gasteiger partial charge in [0.2, 0.25) is 5.91 Å². The number of benzene rings is 1. The first kappa shape index (κ1) is 11.3. The van der Waals surface area contributed by atoms with Crippen molar-refractivity contribution in [2.75, 3.05) is 5.32 Å². The molecule has 92 valence electrons. The molecule has 0 radical (unpaired) electrons. The summed E-state index contributed by atoms with van der Waals surface area (Å²) < 4.78 is 0. The molecule has 2 aromatic rings. The molecule has 4 nitrogen and oxygen atoms in total. The lowest BCUT2D eigenvalue weighted by atomic mass is 10.1. The Morgan fingerprint density at radius 1 is 1.33 bits per heavy atom. The van der Waals surface area contributed by atoms with Crippen molar-refractivity contribution >= 4 is 23.4 Å². The zero-order chi connectivity index (χ0) is 12.7. The van der Waals surface area contributed by atoms with E-state index >= 15 is 0 Å². The first-order valence-electron chi connectivity index (χ1n) is 5.77. The van der Waals surface area contributed by atoms with Crippen LogP contribution in [0.25, 0.3) is 11.3 Å². The van der Waals surface area contributed by atoms with Crippen molar-refractivity contribution in [2.45, 2.75) is 24.0 Å². The fourth-order valence-electron chi connectivity index (χ4n) is 1.93. The van der Waals surface area contributed by atoms with Gasteiger partial charge >= 0.3 is 0 Å². The Morgan fingerprint density at radius 2 is 2.17 bits per heavy atom. The molecule has 0 spiro atoms. The van der Waals surface area contributed by atoms with Gasteiger partial charge in [0.25, 0.3) is 0 Å². The van der Waals surface area contributed by atoms with Gasteiger partial charge in [0.1, 0.15) is 0 Å². The monoisotopic (exact) mass is 259 g/mol. The molecule has 2 N–H and O–H groups in total. The molecule has 1 unspecified atom stereocenters. The van der Waals surface area contributed by atoms with Crippen LogP contribution >= 0.6 is 11.8 Å². The number of nitrogens with one attached hydrogen (secondary N) is 2. The van der Waals surface area contributed by atoms with Crippen molar-refractivity contribution in [2.24, 2.45) is 0 Å². The van der Waals surface area contributed by atoms with E-state index in [2.05, 4.69) is 15.5 Å². The smallest absolute Gasteiger partial charge is 0.237 e. The largest absolute Gasteiger partial charge is 0.324 e. The molecule has 18 heavy (non-hydrogen) atoms. The summed E-state index contributed by atoms with van der Waals surface area (Å²) in [5.41, 5.74) is 3.80. The van der Waals surface area contributed by atoms with Gasteiger partial charge in [-0.15, -0.1) is 11.8 Å².